The number of hydrogen-bond acceptors (Lipinski definition) is 9. The first kappa shape index (κ1) is 18.4. The van der Waals surface area contributed by atoms with Gasteiger partial charge in [-0.05, 0) is 24.6 Å². The van der Waals surface area contributed by atoms with Gasteiger partial charge in [0.05, 0.1) is 23.5 Å². The SMILES string of the molecule is Cc1c(C(N)=O)sc2ncnc(Nc3ccc(N)nc3OC3CCOCC3)c12. The van der Waals surface area contributed by atoms with E-state index in [1.165, 1.54) is 17.7 Å². The summed E-state index contributed by atoms with van der Waals surface area (Å²) in [6.45, 7) is 3.15. The number of aryl methyl sites for hydroxylation is 1. The van der Waals surface area contributed by atoms with E-state index in [0.29, 0.717) is 46.1 Å². The van der Waals surface area contributed by atoms with Gasteiger partial charge >= 0.3 is 0 Å². The molecule has 5 N–H and O–H groups in total. The lowest BCUT2D eigenvalue weighted by Gasteiger charge is -2.24. The van der Waals surface area contributed by atoms with Crippen LogP contribution in [0.25, 0.3) is 10.2 Å². The summed E-state index contributed by atoms with van der Waals surface area (Å²) in [6, 6.07) is 3.48. The molecular weight excluding hydrogens is 380 g/mol. The van der Waals surface area contributed by atoms with E-state index in [0.717, 1.165) is 23.8 Å². The van der Waals surface area contributed by atoms with E-state index in [4.69, 9.17) is 20.9 Å². The molecule has 0 bridgehead atoms. The van der Waals surface area contributed by atoms with E-state index in [1.807, 2.05) is 6.92 Å². The molecule has 0 spiro atoms. The minimum absolute atomic E-state index is 0.0124. The minimum atomic E-state index is -0.482. The zero-order chi connectivity index (χ0) is 19.7. The van der Waals surface area contributed by atoms with Gasteiger partial charge in [-0.3, -0.25) is 4.79 Å². The smallest absolute Gasteiger partial charge is 0.259 e. The van der Waals surface area contributed by atoms with Crippen molar-refractivity contribution in [3.63, 3.8) is 0 Å². The van der Waals surface area contributed by atoms with Gasteiger partial charge in [-0.1, -0.05) is 0 Å². The molecule has 28 heavy (non-hydrogen) atoms. The highest BCUT2D eigenvalue weighted by Crippen LogP contribution is 2.36. The number of nitrogens with one attached hydrogen (secondary N) is 1. The Balaban J connectivity index is 1.70. The van der Waals surface area contributed by atoms with Crippen molar-refractivity contribution >= 4 is 44.8 Å². The molecule has 4 rings (SSSR count). The van der Waals surface area contributed by atoms with Gasteiger partial charge < -0.3 is 26.3 Å². The highest BCUT2D eigenvalue weighted by molar-refractivity contribution is 7.20. The molecule has 10 heteroatoms. The molecule has 3 aromatic heterocycles. The van der Waals surface area contributed by atoms with Gasteiger partial charge in [0.1, 0.15) is 34.6 Å². The highest BCUT2D eigenvalue weighted by Gasteiger charge is 2.21. The van der Waals surface area contributed by atoms with Crippen LogP contribution in [0.2, 0.25) is 0 Å². The molecular formula is C18H20N6O3S. The molecule has 1 aliphatic heterocycles. The second-order valence-corrected chi connectivity index (χ2v) is 7.47. The number of aromatic nitrogens is 3. The number of hydrogen-bond donors (Lipinski definition) is 3. The zero-order valence-corrected chi connectivity index (χ0v) is 16.1. The predicted molar refractivity (Wildman–Crippen MR) is 107 cm³/mol. The maximum atomic E-state index is 11.7. The molecule has 0 unspecified atom stereocenters. The number of carbonyl (C=O) groups excluding carboxylic acids is 1. The Morgan fingerprint density at radius 3 is 2.86 bits per heavy atom. The average Bonchev–Trinajstić information content (AvgIpc) is 3.03. The van der Waals surface area contributed by atoms with Crippen molar-refractivity contribution < 1.29 is 14.3 Å². The maximum Gasteiger partial charge on any atom is 0.259 e. The van der Waals surface area contributed by atoms with Gasteiger partial charge in [-0.25, -0.2) is 9.97 Å². The van der Waals surface area contributed by atoms with Gasteiger partial charge in [-0.15, -0.1) is 11.3 Å². The number of nitrogens with two attached hydrogens (primary N) is 2. The normalized spacial score (nSPS) is 14.9. The largest absolute Gasteiger partial charge is 0.473 e. The van der Waals surface area contributed by atoms with E-state index >= 15 is 0 Å². The van der Waals surface area contributed by atoms with E-state index < -0.39 is 5.91 Å². The Kier molecular flexibility index (Phi) is 4.97. The van der Waals surface area contributed by atoms with Crippen molar-refractivity contribution in [1.82, 2.24) is 15.0 Å². The van der Waals surface area contributed by atoms with E-state index in [9.17, 15) is 4.79 Å². The molecule has 3 aromatic rings. The Bertz CT molecular complexity index is 1030. The van der Waals surface area contributed by atoms with Gasteiger partial charge in [-0.2, -0.15) is 4.98 Å². The number of amides is 1. The average molecular weight is 400 g/mol. The quantitative estimate of drug-likeness (QED) is 0.593. The first-order valence-corrected chi connectivity index (χ1v) is 9.66. The van der Waals surface area contributed by atoms with Crippen molar-refractivity contribution in [1.29, 1.82) is 0 Å². The molecule has 4 heterocycles. The number of fused-ring (bicyclic) bond motifs is 1. The summed E-state index contributed by atoms with van der Waals surface area (Å²) in [6.07, 6.45) is 3.03. The molecule has 0 atom stereocenters. The molecule has 0 aliphatic carbocycles. The van der Waals surface area contributed by atoms with Crippen LogP contribution in [0.1, 0.15) is 28.1 Å². The summed E-state index contributed by atoms with van der Waals surface area (Å²) in [5, 5.41) is 4.00. The number of carbonyl (C=O) groups is 1. The number of pyridine rings is 1. The standard InChI is InChI=1S/C18H20N6O3S/c1-9-13-16(21-8-22-18(13)28-14(9)15(20)25)23-11-2-3-12(19)24-17(11)27-10-4-6-26-7-5-10/h2-3,8,10H,4-7H2,1H3,(H2,19,24)(H2,20,25)(H,21,22,23). The maximum absolute atomic E-state index is 11.7. The third-order valence-corrected chi connectivity index (χ3v) is 5.75. The molecule has 1 fully saturated rings. The van der Waals surface area contributed by atoms with Crippen molar-refractivity contribution in [2.45, 2.75) is 25.9 Å². The van der Waals surface area contributed by atoms with Crippen molar-refractivity contribution in [2.75, 3.05) is 24.3 Å². The molecule has 0 aromatic carbocycles. The second kappa shape index (κ2) is 7.56. The molecule has 0 saturated carbocycles. The van der Waals surface area contributed by atoms with Crippen LogP contribution < -0.4 is 21.5 Å². The summed E-state index contributed by atoms with van der Waals surface area (Å²) in [5.74, 6) is 0.837. The first-order valence-electron chi connectivity index (χ1n) is 8.84. The van der Waals surface area contributed by atoms with E-state index in [2.05, 4.69) is 20.3 Å². The van der Waals surface area contributed by atoms with Gasteiger partial charge in [0.2, 0.25) is 5.88 Å². The van der Waals surface area contributed by atoms with E-state index in [-0.39, 0.29) is 6.10 Å². The van der Waals surface area contributed by atoms with Crippen LogP contribution in [0.3, 0.4) is 0 Å². The van der Waals surface area contributed by atoms with Crippen LogP contribution in [0.5, 0.6) is 5.88 Å². The molecule has 1 aliphatic rings. The predicted octanol–water partition coefficient (Wildman–Crippen LogP) is 2.38. The summed E-state index contributed by atoms with van der Waals surface area (Å²) in [5.41, 5.74) is 12.7. The Hall–Kier alpha value is -2.98. The number of primary amides is 1. The molecule has 1 saturated heterocycles. The lowest BCUT2D eigenvalue weighted by molar-refractivity contribution is 0.0241. The summed E-state index contributed by atoms with van der Waals surface area (Å²) in [7, 11) is 0. The topological polar surface area (TPSA) is 138 Å². The van der Waals surface area contributed by atoms with Crippen LogP contribution in [0.4, 0.5) is 17.3 Å². The minimum Gasteiger partial charge on any atom is -0.473 e. The number of anilines is 3. The second-order valence-electron chi connectivity index (χ2n) is 6.47. The fraction of sp³-hybridized carbons (Fsp3) is 0.333. The third kappa shape index (κ3) is 3.56. The fourth-order valence-electron chi connectivity index (χ4n) is 3.12. The lowest BCUT2D eigenvalue weighted by atomic mass is 10.1. The summed E-state index contributed by atoms with van der Waals surface area (Å²) in [4.78, 5) is 25.8. The molecule has 0 radical (unpaired) electrons. The molecule has 1 amide bonds. The number of nitrogens with zero attached hydrogens (tertiary/aromatic N) is 3. The zero-order valence-electron chi connectivity index (χ0n) is 15.3. The summed E-state index contributed by atoms with van der Waals surface area (Å²) < 4.78 is 11.5. The van der Waals surface area contributed by atoms with Crippen LogP contribution in [0.15, 0.2) is 18.5 Å². The van der Waals surface area contributed by atoms with Crippen LogP contribution in [0, 0.1) is 6.92 Å². The number of rotatable bonds is 5. The number of ether oxygens (including phenoxy) is 2. The first-order chi connectivity index (χ1) is 13.5. The Labute approximate surface area is 165 Å². The van der Waals surface area contributed by atoms with E-state index in [1.54, 1.807) is 12.1 Å². The number of thiophene rings is 1. The van der Waals surface area contributed by atoms with Gasteiger partial charge in [0.15, 0.2) is 0 Å². The van der Waals surface area contributed by atoms with Gasteiger partial charge in [0.25, 0.3) is 5.91 Å². The lowest BCUT2D eigenvalue weighted by Crippen LogP contribution is -2.26. The van der Waals surface area contributed by atoms with Crippen molar-refractivity contribution in [3.8, 4) is 5.88 Å². The summed E-state index contributed by atoms with van der Waals surface area (Å²) >= 11 is 1.25. The van der Waals surface area contributed by atoms with Crippen LogP contribution in [-0.2, 0) is 4.74 Å². The monoisotopic (exact) mass is 400 g/mol. The third-order valence-electron chi connectivity index (χ3n) is 4.53. The Morgan fingerprint density at radius 1 is 1.32 bits per heavy atom. The van der Waals surface area contributed by atoms with Crippen LogP contribution in [-0.4, -0.2) is 40.2 Å². The van der Waals surface area contributed by atoms with Crippen molar-refractivity contribution in [2.24, 2.45) is 5.73 Å². The Morgan fingerprint density at radius 2 is 2.11 bits per heavy atom. The van der Waals surface area contributed by atoms with Gasteiger partial charge in [0, 0.05) is 12.8 Å². The molecule has 146 valence electrons. The fourth-order valence-corrected chi connectivity index (χ4v) is 4.12. The highest BCUT2D eigenvalue weighted by atomic mass is 32.1. The van der Waals surface area contributed by atoms with Crippen LogP contribution >= 0.6 is 11.3 Å². The number of nitrogen functional groups attached to an aromatic ring is 1. The molecule has 9 nitrogen and oxygen atoms in total. The van der Waals surface area contributed by atoms with Crippen molar-refractivity contribution in [3.05, 3.63) is 28.9 Å².